The molecule has 0 radical (unpaired) electrons. The topological polar surface area (TPSA) is 17.1 Å². The molecule has 0 aliphatic heterocycles. The van der Waals surface area contributed by atoms with E-state index in [1.165, 1.54) is 12.0 Å². The van der Waals surface area contributed by atoms with Gasteiger partial charge in [-0.15, -0.1) is 6.58 Å². The second-order valence-corrected chi connectivity index (χ2v) is 3.30. The van der Waals surface area contributed by atoms with E-state index >= 15 is 0 Å². The van der Waals surface area contributed by atoms with Crippen molar-refractivity contribution in [2.24, 2.45) is 0 Å². The summed E-state index contributed by atoms with van der Waals surface area (Å²) in [6, 6.07) is 0. The van der Waals surface area contributed by atoms with Crippen LogP contribution in [0.1, 0.15) is 38.5 Å². The lowest BCUT2D eigenvalue weighted by molar-refractivity contribution is -0.114. The van der Waals surface area contributed by atoms with Gasteiger partial charge in [-0.25, -0.2) is 0 Å². The van der Waals surface area contributed by atoms with Crippen LogP contribution in [-0.2, 0) is 4.79 Å². The van der Waals surface area contributed by atoms with Crippen LogP contribution in [0.4, 0.5) is 0 Å². The SMILES string of the molecule is C=CCCC1=CC(=O)CCCC1. The summed E-state index contributed by atoms with van der Waals surface area (Å²) in [5, 5.41) is 0. The summed E-state index contributed by atoms with van der Waals surface area (Å²) in [7, 11) is 0. The summed E-state index contributed by atoms with van der Waals surface area (Å²) in [4.78, 5) is 11.2. The zero-order chi connectivity index (χ0) is 8.81. The van der Waals surface area contributed by atoms with Crippen LogP contribution >= 0.6 is 0 Å². The highest BCUT2D eigenvalue weighted by Crippen LogP contribution is 2.19. The molecule has 0 heterocycles. The lowest BCUT2D eigenvalue weighted by Crippen LogP contribution is -1.90. The average Bonchev–Trinajstić information content (AvgIpc) is 2.26. The number of rotatable bonds is 3. The van der Waals surface area contributed by atoms with E-state index in [9.17, 15) is 4.79 Å². The summed E-state index contributed by atoms with van der Waals surface area (Å²) >= 11 is 0. The lowest BCUT2D eigenvalue weighted by atomic mass is 10.1. The Balaban J connectivity index is 2.47. The van der Waals surface area contributed by atoms with Crippen molar-refractivity contribution in [1.82, 2.24) is 0 Å². The number of hydrogen-bond acceptors (Lipinski definition) is 1. The van der Waals surface area contributed by atoms with E-state index in [2.05, 4.69) is 6.58 Å². The first-order valence-corrected chi connectivity index (χ1v) is 4.66. The van der Waals surface area contributed by atoms with Crippen molar-refractivity contribution in [1.29, 1.82) is 0 Å². The molecule has 1 aliphatic carbocycles. The van der Waals surface area contributed by atoms with E-state index in [-0.39, 0.29) is 0 Å². The number of allylic oxidation sites excluding steroid dienone is 3. The Bertz CT molecular complexity index is 201. The number of ketones is 1. The van der Waals surface area contributed by atoms with Crippen LogP contribution in [-0.4, -0.2) is 5.78 Å². The summed E-state index contributed by atoms with van der Waals surface area (Å²) in [6.45, 7) is 3.68. The molecule has 0 saturated carbocycles. The first-order valence-electron chi connectivity index (χ1n) is 4.66. The molecule has 1 heteroatoms. The highest BCUT2D eigenvalue weighted by atomic mass is 16.1. The molecule has 12 heavy (non-hydrogen) atoms. The molecule has 0 aromatic heterocycles. The fourth-order valence-electron chi connectivity index (χ4n) is 1.51. The van der Waals surface area contributed by atoms with Gasteiger partial charge in [0.25, 0.3) is 0 Å². The van der Waals surface area contributed by atoms with Gasteiger partial charge in [-0.1, -0.05) is 11.6 Å². The van der Waals surface area contributed by atoms with Crippen molar-refractivity contribution in [2.45, 2.75) is 38.5 Å². The van der Waals surface area contributed by atoms with Crippen molar-refractivity contribution in [3.63, 3.8) is 0 Å². The summed E-state index contributed by atoms with van der Waals surface area (Å²) < 4.78 is 0. The standard InChI is InChI=1S/C11H16O/c1-2-3-6-10-7-4-5-8-11(12)9-10/h2,9H,1,3-8H2. The van der Waals surface area contributed by atoms with Gasteiger partial charge in [0.2, 0.25) is 0 Å². The molecule has 0 saturated heterocycles. The van der Waals surface area contributed by atoms with Gasteiger partial charge in [-0.05, 0) is 38.2 Å². The van der Waals surface area contributed by atoms with Crippen molar-refractivity contribution in [3.8, 4) is 0 Å². The van der Waals surface area contributed by atoms with Crippen molar-refractivity contribution >= 4 is 5.78 Å². The van der Waals surface area contributed by atoms with Crippen molar-refractivity contribution in [3.05, 3.63) is 24.3 Å². The number of carbonyl (C=O) groups is 1. The number of hydrogen-bond donors (Lipinski definition) is 0. The van der Waals surface area contributed by atoms with Crippen molar-refractivity contribution < 1.29 is 4.79 Å². The van der Waals surface area contributed by atoms with Crippen LogP contribution in [0, 0.1) is 0 Å². The van der Waals surface area contributed by atoms with Crippen LogP contribution in [0.15, 0.2) is 24.3 Å². The predicted molar refractivity (Wildman–Crippen MR) is 51.0 cm³/mol. The van der Waals surface area contributed by atoms with Crippen LogP contribution < -0.4 is 0 Å². The fraction of sp³-hybridized carbons (Fsp3) is 0.545. The average molecular weight is 164 g/mol. The van der Waals surface area contributed by atoms with Crippen molar-refractivity contribution in [2.75, 3.05) is 0 Å². The predicted octanol–water partition coefficient (Wildman–Crippen LogP) is 3.02. The molecule has 0 aromatic rings. The summed E-state index contributed by atoms with van der Waals surface area (Å²) in [6.07, 6.45) is 9.87. The largest absolute Gasteiger partial charge is 0.295 e. The van der Waals surface area contributed by atoms with Gasteiger partial charge >= 0.3 is 0 Å². The first-order chi connectivity index (χ1) is 5.83. The second-order valence-electron chi connectivity index (χ2n) is 3.30. The monoisotopic (exact) mass is 164 g/mol. The quantitative estimate of drug-likeness (QED) is 0.586. The van der Waals surface area contributed by atoms with Gasteiger partial charge < -0.3 is 0 Å². The Hall–Kier alpha value is -0.850. The second kappa shape index (κ2) is 4.91. The van der Waals surface area contributed by atoms with Gasteiger partial charge in [0.15, 0.2) is 5.78 Å². The molecule has 0 amide bonds. The third-order valence-corrected chi connectivity index (χ3v) is 2.21. The molecule has 0 bridgehead atoms. The van der Waals surface area contributed by atoms with Crippen LogP contribution in [0.2, 0.25) is 0 Å². The molecule has 0 atom stereocenters. The van der Waals surface area contributed by atoms with Crippen LogP contribution in [0.5, 0.6) is 0 Å². The minimum atomic E-state index is 0.312. The van der Waals surface area contributed by atoms with E-state index in [4.69, 9.17) is 0 Å². The maximum absolute atomic E-state index is 11.2. The Kier molecular flexibility index (Phi) is 3.78. The summed E-state index contributed by atoms with van der Waals surface area (Å²) in [5.74, 6) is 0.312. The Morgan fingerprint density at radius 1 is 1.42 bits per heavy atom. The third kappa shape index (κ3) is 3.04. The highest BCUT2D eigenvalue weighted by Gasteiger charge is 2.06. The maximum atomic E-state index is 11.2. The molecule has 1 nitrogen and oxygen atoms in total. The normalized spacial score (nSPS) is 18.3. The molecular weight excluding hydrogens is 148 g/mol. The Labute approximate surface area is 74.2 Å². The van der Waals surface area contributed by atoms with Crippen LogP contribution in [0.3, 0.4) is 0 Å². The lowest BCUT2D eigenvalue weighted by Gasteiger charge is -2.00. The summed E-state index contributed by atoms with van der Waals surface area (Å²) in [5.41, 5.74) is 1.32. The third-order valence-electron chi connectivity index (χ3n) is 2.21. The molecular formula is C11H16O. The van der Waals surface area contributed by atoms with E-state index in [1.807, 2.05) is 12.2 Å². The molecule has 66 valence electrons. The van der Waals surface area contributed by atoms with Gasteiger partial charge in [0, 0.05) is 6.42 Å². The highest BCUT2D eigenvalue weighted by molar-refractivity contribution is 5.90. The minimum absolute atomic E-state index is 0.312. The Morgan fingerprint density at radius 2 is 2.17 bits per heavy atom. The first kappa shape index (κ1) is 9.24. The molecule has 0 aromatic carbocycles. The molecule has 1 aliphatic rings. The number of carbonyl (C=O) groups excluding carboxylic acids is 1. The van der Waals surface area contributed by atoms with Gasteiger partial charge in [-0.3, -0.25) is 4.79 Å². The molecule has 0 unspecified atom stereocenters. The zero-order valence-electron chi connectivity index (χ0n) is 7.51. The van der Waals surface area contributed by atoms with E-state index in [0.29, 0.717) is 5.78 Å². The fourth-order valence-corrected chi connectivity index (χ4v) is 1.51. The Morgan fingerprint density at radius 3 is 2.92 bits per heavy atom. The molecule has 0 N–H and O–H groups in total. The zero-order valence-corrected chi connectivity index (χ0v) is 7.51. The minimum Gasteiger partial charge on any atom is -0.295 e. The maximum Gasteiger partial charge on any atom is 0.155 e. The van der Waals surface area contributed by atoms with E-state index < -0.39 is 0 Å². The molecule has 0 spiro atoms. The van der Waals surface area contributed by atoms with E-state index in [1.54, 1.807) is 0 Å². The van der Waals surface area contributed by atoms with Gasteiger partial charge in [0.1, 0.15) is 0 Å². The van der Waals surface area contributed by atoms with Gasteiger partial charge in [-0.2, -0.15) is 0 Å². The van der Waals surface area contributed by atoms with E-state index in [0.717, 1.165) is 32.1 Å². The molecule has 1 rings (SSSR count). The molecule has 0 fully saturated rings. The van der Waals surface area contributed by atoms with Crippen LogP contribution in [0.25, 0.3) is 0 Å². The van der Waals surface area contributed by atoms with Gasteiger partial charge in [0.05, 0.1) is 0 Å². The smallest absolute Gasteiger partial charge is 0.155 e.